The van der Waals surface area contributed by atoms with Crippen LogP contribution < -0.4 is 5.32 Å². The Hall–Kier alpha value is -0.720. The molecule has 0 aliphatic heterocycles. The zero-order valence-electron chi connectivity index (χ0n) is 10.4. The first-order valence-electron chi connectivity index (χ1n) is 5.42. The summed E-state index contributed by atoms with van der Waals surface area (Å²) in [7, 11) is 0. The summed E-state index contributed by atoms with van der Waals surface area (Å²) < 4.78 is 2.15. The normalized spacial score (nSPS) is 12.6. The first-order chi connectivity index (χ1) is 8.63. The van der Waals surface area contributed by atoms with Crippen molar-refractivity contribution in [3.63, 3.8) is 0 Å². The number of nitrogens with one attached hydrogen (secondary N) is 1. The Kier molecular flexibility index (Phi) is 4.53. The van der Waals surface area contributed by atoms with E-state index < -0.39 is 0 Å². The van der Waals surface area contributed by atoms with Crippen molar-refractivity contribution in [3.05, 3.63) is 18.2 Å². The van der Waals surface area contributed by atoms with Crippen LogP contribution in [0.4, 0.5) is 5.69 Å². The van der Waals surface area contributed by atoms with Crippen LogP contribution in [-0.2, 0) is 4.79 Å². The summed E-state index contributed by atoms with van der Waals surface area (Å²) in [6.07, 6.45) is 3.95. The lowest BCUT2D eigenvalue weighted by molar-refractivity contribution is -0.115. The number of thioether (sulfide) groups is 2. The molecule has 0 aliphatic rings. The molecule has 0 fully saturated rings. The van der Waals surface area contributed by atoms with Crippen molar-refractivity contribution < 1.29 is 4.79 Å². The molecule has 0 radical (unpaired) electrons. The number of amides is 1. The number of carbonyl (C=O) groups is 1. The molecule has 1 unspecified atom stereocenters. The van der Waals surface area contributed by atoms with Gasteiger partial charge in [-0.15, -0.1) is 11.3 Å². The molecule has 0 saturated heterocycles. The van der Waals surface area contributed by atoms with Crippen molar-refractivity contribution in [3.8, 4) is 0 Å². The van der Waals surface area contributed by atoms with E-state index >= 15 is 0 Å². The van der Waals surface area contributed by atoms with E-state index in [1.165, 1.54) is 11.8 Å². The minimum Gasteiger partial charge on any atom is -0.325 e. The van der Waals surface area contributed by atoms with E-state index in [0.29, 0.717) is 0 Å². The van der Waals surface area contributed by atoms with Gasteiger partial charge in [0.2, 0.25) is 5.91 Å². The first kappa shape index (κ1) is 13.7. The molecular weight excluding hydrogens is 284 g/mol. The molecule has 6 heteroatoms. The fourth-order valence-electron chi connectivity index (χ4n) is 1.42. The smallest absolute Gasteiger partial charge is 0.237 e. The number of thiazole rings is 1. The number of aromatic nitrogens is 1. The molecular formula is C12H14N2OS3. The molecule has 1 atom stereocenters. The van der Waals surface area contributed by atoms with Crippen LogP contribution in [0, 0.1) is 0 Å². The first-order valence-corrected chi connectivity index (χ1v) is 8.75. The zero-order valence-corrected chi connectivity index (χ0v) is 12.8. The molecule has 18 heavy (non-hydrogen) atoms. The second-order valence-electron chi connectivity index (χ2n) is 3.73. The summed E-state index contributed by atoms with van der Waals surface area (Å²) in [5.41, 5.74) is 1.82. The fourth-order valence-corrected chi connectivity index (χ4v) is 3.22. The summed E-state index contributed by atoms with van der Waals surface area (Å²) in [6, 6.07) is 5.83. The number of fused-ring (bicyclic) bond motifs is 1. The van der Waals surface area contributed by atoms with Gasteiger partial charge in [0, 0.05) is 5.69 Å². The van der Waals surface area contributed by atoms with Gasteiger partial charge >= 0.3 is 0 Å². The van der Waals surface area contributed by atoms with Gasteiger partial charge in [0.25, 0.3) is 0 Å². The van der Waals surface area contributed by atoms with E-state index in [4.69, 9.17) is 0 Å². The van der Waals surface area contributed by atoms with Crippen LogP contribution in [-0.4, -0.2) is 28.7 Å². The average molecular weight is 298 g/mol. The number of nitrogens with zero attached hydrogens (tertiary/aromatic N) is 1. The third kappa shape index (κ3) is 2.99. The van der Waals surface area contributed by atoms with Gasteiger partial charge < -0.3 is 5.32 Å². The molecule has 0 bridgehead atoms. The highest BCUT2D eigenvalue weighted by molar-refractivity contribution is 8.00. The van der Waals surface area contributed by atoms with E-state index in [1.54, 1.807) is 23.1 Å². The van der Waals surface area contributed by atoms with Gasteiger partial charge in [-0.3, -0.25) is 4.79 Å². The van der Waals surface area contributed by atoms with E-state index in [-0.39, 0.29) is 11.2 Å². The van der Waals surface area contributed by atoms with Crippen LogP contribution in [0.3, 0.4) is 0 Å². The Labute approximate surface area is 119 Å². The second-order valence-corrected chi connectivity index (χ2v) is 7.00. The van der Waals surface area contributed by atoms with Crippen LogP contribution in [0.1, 0.15) is 6.92 Å². The minimum atomic E-state index is -0.0380. The molecule has 2 aromatic rings. The maximum Gasteiger partial charge on any atom is 0.237 e. The Morgan fingerprint density at radius 2 is 2.22 bits per heavy atom. The maximum absolute atomic E-state index is 11.8. The van der Waals surface area contributed by atoms with Crippen molar-refractivity contribution in [2.75, 3.05) is 17.8 Å². The SMILES string of the molecule is CSc1nc2ccc(NC(=O)C(C)SC)cc2s1. The molecule has 1 heterocycles. The van der Waals surface area contributed by atoms with Crippen LogP contribution in [0.5, 0.6) is 0 Å². The second kappa shape index (κ2) is 5.95. The number of hydrogen-bond donors (Lipinski definition) is 1. The quantitative estimate of drug-likeness (QED) is 0.874. The number of anilines is 1. The molecule has 0 saturated carbocycles. The Morgan fingerprint density at radius 1 is 1.44 bits per heavy atom. The van der Waals surface area contributed by atoms with Crippen LogP contribution in [0.15, 0.2) is 22.5 Å². The van der Waals surface area contributed by atoms with Crippen molar-refractivity contribution in [2.45, 2.75) is 16.5 Å². The van der Waals surface area contributed by atoms with Gasteiger partial charge in [-0.1, -0.05) is 11.8 Å². The number of rotatable bonds is 4. The van der Waals surface area contributed by atoms with Crippen LogP contribution in [0.2, 0.25) is 0 Å². The summed E-state index contributed by atoms with van der Waals surface area (Å²) >= 11 is 4.83. The molecule has 1 aromatic carbocycles. The highest BCUT2D eigenvalue weighted by atomic mass is 32.2. The predicted molar refractivity (Wildman–Crippen MR) is 83.0 cm³/mol. The van der Waals surface area contributed by atoms with Crippen LogP contribution >= 0.6 is 34.9 Å². The topological polar surface area (TPSA) is 42.0 Å². The summed E-state index contributed by atoms with van der Waals surface area (Å²) in [4.78, 5) is 16.3. The molecule has 1 N–H and O–H groups in total. The van der Waals surface area contributed by atoms with Crippen LogP contribution in [0.25, 0.3) is 10.2 Å². The summed E-state index contributed by atoms with van der Waals surface area (Å²) in [5, 5.41) is 2.89. The third-order valence-electron chi connectivity index (χ3n) is 2.53. The third-order valence-corrected chi connectivity index (χ3v) is 5.46. The largest absolute Gasteiger partial charge is 0.325 e. The highest BCUT2D eigenvalue weighted by Crippen LogP contribution is 2.30. The summed E-state index contributed by atoms with van der Waals surface area (Å²) in [5.74, 6) is 0.0384. The van der Waals surface area contributed by atoms with Gasteiger partial charge in [0.1, 0.15) is 0 Å². The lowest BCUT2D eigenvalue weighted by Crippen LogP contribution is -2.21. The summed E-state index contributed by atoms with van der Waals surface area (Å²) in [6.45, 7) is 1.90. The monoisotopic (exact) mass is 298 g/mol. The van der Waals surface area contributed by atoms with Gasteiger partial charge in [-0.2, -0.15) is 11.8 Å². The Morgan fingerprint density at radius 3 is 2.89 bits per heavy atom. The average Bonchev–Trinajstić information content (AvgIpc) is 2.79. The van der Waals surface area contributed by atoms with Gasteiger partial charge in [0.05, 0.1) is 15.5 Å². The Bertz CT molecular complexity index is 567. The lowest BCUT2D eigenvalue weighted by atomic mass is 10.3. The molecule has 1 aromatic heterocycles. The number of carbonyl (C=O) groups excluding carboxylic acids is 1. The van der Waals surface area contributed by atoms with Crippen molar-refractivity contribution in [1.82, 2.24) is 4.98 Å². The molecule has 3 nitrogen and oxygen atoms in total. The van der Waals surface area contributed by atoms with E-state index in [2.05, 4.69) is 10.3 Å². The molecule has 96 valence electrons. The van der Waals surface area contributed by atoms with E-state index in [1.807, 2.05) is 37.6 Å². The predicted octanol–water partition coefficient (Wildman–Crippen LogP) is 3.71. The maximum atomic E-state index is 11.8. The van der Waals surface area contributed by atoms with Gasteiger partial charge in [-0.05, 0) is 37.6 Å². The number of benzene rings is 1. The Balaban J connectivity index is 2.21. The minimum absolute atomic E-state index is 0.0380. The molecule has 0 aliphatic carbocycles. The van der Waals surface area contributed by atoms with Crippen molar-refractivity contribution >= 4 is 56.7 Å². The van der Waals surface area contributed by atoms with E-state index in [0.717, 1.165) is 20.2 Å². The standard InChI is InChI=1S/C12H14N2OS3/c1-7(16-2)11(15)13-8-4-5-9-10(6-8)18-12(14-9)17-3/h4-7H,1-3H3,(H,13,15). The molecule has 1 amide bonds. The molecule has 0 spiro atoms. The van der Waals surface area contributed by atoms with Gasteiger partial charge in [-0.25, -0.2) is 4.98 Å². The fraction of sp³-hybridized carbons (Fsp3) is 0.333. The van der Waals surface area contributed by atoms with Crippen molar-refractivity contribution in [1.29, 1.82) is 0 Å². The van der Waals surface area contributed by atoms with Gasteiger partial charge in [0.15, 0.2) is 4.34 Å². The molecule has 2 rings (SSSR count). The number of hydrogen-bond acceptors (Lipinski definition) is 5. The lowest BCUT2D eigenvalue weighted by Gasteiger charge is -2.09. The zero-order chi connectivity index (χ0) is 13.1. The highest BCUT2D eigenvalue weighted by Gasteiger charge is 2.12. The van der Waals surface area contributed by atoms with E-state index in [9.17, 15) is 4.79 Å². The van der Waals surface area contributed by atoms with Crippen molar-refractivity contribution in [2.24, 2.45) is 0 Å².